The van der Waals surface area contributed by atoms with Crippen LogP contribution in [0.3, 0.4) is 0 Å². The molecule has 9 nitrogen and oxygen atoms in total. The summed E-state index contributed by atoms with van der Waals surface area (Å²) in [7, 11) is 0. The third-order valence-electron chi connectivity index (χ3n) is 3.54. The molecule has 2 rings (SSSR count). The zero-order chi connectivity index (χ0) is 17.7. The number of nitrogens with one attached hydrogen (secondary N) is 3. The number of nitro benzene ring substituents is 1. The second-order valence-electron chi connectivity index (χ2n) is 5.22. The highest BCUT2D eigenvalue weighted by molar-refractivity contribution is 5.99. The number of H-pyrrole nitrogens is 2. The predicted octanol–water partition coefficient (Wildman–Crippen LogP) is 1.39. The van der Waals surface area contributed by atoms with E-state index in [0.29, 0.717) is 29.0 Å². The van der Waals surface area contributed by atoms with Crippen LogP contribution in [0.4, 0.5) is 5.69 Å². The fourth-order valence-electron chi connectivity index (χ4n) is 2.10. The van der Waals surface area contributed by atoms with Gasteiger partial charge in [-0.15, -0.1) is 0 Å². The average Bonchev–Trinajstić information content (AvgIpc) is 2.89. The van der Waals surface area contributed by atoms with Crippen molar-refractivity contribution >= 4 is 17.3 Å². The first-order valence-electron chi connectivity index (χ1n) is 7.22. The Morgan fingerprint density at radius 3 is 2.50 bits per heavy atom. The minimum atomic E-state index is -0.483. The molecule has 2 aromatic rings. The van der Waals surface area contributed by atoms with Gasteiger partial charge in [-0.3, -0.25) is 24.8 Å². The number of hydrogen-bond acceptors (Lipinski definition) is 5. The number of rotatable bonds is 6. The van der Waals surface area contributed by atoms with Gasteiger partial charge in [-0.1, -0.05) is 0 Å². The maximum Gasteiger partial charge on any atom is 0.269 e. The molecule has 0 radical (unpaired) electrons. The lowest BCUT2D eigenvalue weighted by atomic mass is 10.1. The number of hydrogen-bond donors (Lipinski definition) is 3. The van der Waals surface area contributed by atoms with E-state index in [1.54, 1.807) is 26.0 Å². The number of hydrazone groups is 1. The predicted molar refractivity (Wildman–Crippen MR) is 87.9 cm³/mol. The largest absolute Gasteiger partial charge is 0.302 e. The fourth-order valence-corrected chi connectivity index (χ4v) is 2.10. The SMILES string of the molecule is CC(=NNC(=O)CCc1c(C)[nH][nH]c1=O)c1ccc([N+](=O)[O-])cc1. The second kappa shape index (κ2) is 7.36. The number of amides is 1. The molecule has 9 heteroatoms. The Morgan fingerprint density at radius 1 is 1.29 bits per heavy atom. The molecule has 0 unspecified atom stereocenters. The number of nitrogens with zero attached hydrogens (tertiary/aromatic N) is 2. The summed E-state index contributed by atoms with van der Waals surface area (Å²) in [4.78, 5) is 33.4. The smallest absolute Gasteiger partial charge is 0.269 e. The lowest BCUT2D eigenvalue weighted by Crippen LogP contribution is -2.20. The Hall–Kier alpha value is -3.23. The van der Waals surface area contributed by atoms with Crippen molar-refractivity contribution in [3.05, 3.63) is 61.6 Å². The van der Waals surface area contributed by atoms with Crippen LogP contribution in [-0.2, 0) is 11.2 Å². The molecule has 0 aliphatic carbocycles. The van der Waals surface area contributed by atoms with Crippen molar-refractivity contribution in [2.45, 2.75) is 26.7 Å². The van der Waals surface area contributed by atoms with E-state index < -0.39 is 4.92 Å². The number of non-ortho nitro benzene ring substituents is 1. The molecule has 1 amide bonds. The lowest BCUT2D eigenvalue weighted by molar-refractivity contribution is -0.384. The van der Waals surface area contributed by atoms with Gasteiger partial charge in [0.15, 0.2) is 0 Å². The van der Waals surface area contributed by atoms with Gasteiger partial charge in [0.1, 0.15) is 0 Å². The summed E-state index contributed by atoms with van der Waals surface area (Å²) < 4.78 is 0. The van der Waals surface area contributed by atoms with Gasteiger partial charge in [0.2, 0.25) is 5.91 Å². The molecule has 1 heterocycles. The maximum absolute atomic E-state index is 11.8. The van der Waals surface area contributed by atoms with Crippen LogP contribution < -0.4 is 11.0 Å². The summed E-state index contributed by atoms with van der Waals surface area (Å²) >= 11 is 0. The Labute approximate surface area is 136 Å². The lowest BCUT2D eigenvalue weighted by Gasteiger charge is -2.03. The molecule has 0 aliphatic rings. The molecule has 0 saturated heterocycles. The van der Waals surface area contributed by atoms with Gasteiger partial charge in [-0.25, -0.2) is 5.43 Å². The molecule has 0 spiro atoms. The van der Waals surface area contributed by atoms with Crippen LogP contribution in [0.1, 0.15) is 30.2 Å². The monoisotopic (exact) mass is 331 g/mol. The van der Waals surface area contributed by atoms with Gasteiger partial charge in [0.25, 0.3) is 11.2 Å². The molecule has 0 saturated carbocycles. The maximum atomic E-state index is 11.8. The summed E-state index contributed by atoms with van der Waals surface area (Å²) in [5.41, 5.74) is 4.61. The van der Waals surface area contributed by atoms with Crippen molar-refractivity contribution in [3.63, 3.8) is 0 Å². The zero-order valence-electron chi connectivity index (χ0n) is 13.3. The molecule has 24 heavy (non-hydrogen) atoms. The Balaban J connectivity index is 1.93. The van der Waals surface area contributed by atoms with Crippen LogP contribution in [-0.4, -0.2) is 26.7 Å². The van der Waals surface area contributed by atoms with Crippen molar-refractivity contribution in [1.29, 1.82) is 0 Å². The Bertz CT molecular complexity index is 832. The van der Waals surface area contributed by atoms with Crippen LogP contribution in [0.2, 0.25) is 0 Å². The van der Waals surface area contributed by atoms with Crippen molar-refractivity contribution in [3.8, 4) is 0 Å². The van der Waals surface area contributed by atoms with Crippen LogP contribution in [0, 0.1) is 17.0 Å². The quantitative estimate of drug-likeness (QED) is 0.419. The summed E-state index contributed by atoms with van der Waals surface area (Å²) in [6.07, 6.45) is 0.432. The van der Waals surface area contributed by atoms with Crippen LogP contribution in [0.5, 0.6) is 0 Å². The summed E-state index contributed by atoms with van der Waals surface area (Å²) in [6, 6.07) is 5.87. The normalized spacial score (nSPS) is 11.3. The van der Waals surface area contributed by atoms with E-state index in [9.17, 15) is 19.7 Å². The first-order valence-corrected chi connectivity index (χ1v) is 7.22. The Kier molecular flexibility index (Phi) is 5.25. The molecular weight excluding hydrogens is 314 g/mol. The average molecular weight is 331 g/mol. The first-order chi connectivity index (χ1) is 11.4. The molecule has 126 valence electrons. The number of carbonyl (C=O) groups excluding carboxylic acids is 1. The van der Waals surface area contributed by atoms with Crippen LogP contribution in [0.25, 0.3) is 0 Å². The van der Waals surface area contributed by atoms with Crippen molar-refractivity contribution in [2.24, 2.45) is 5.10 Å². The minimum absolute atomic E-state index is 0.0114. The third kappa shape index (κ3) is 4.15. The van der Waals surface area contributed by atoms with E-state index in [0.717, 1.165) is 0 Å². The van der Waals surface area contributed by atoms with Gasteiger partial charge in [0, 0.05) is 29.8 Å². The number of benzene rings is 1. The van der Waals surface area contributed by atoms with E-state index in [-0.39, 0.29) is 23.6 Å². The molecule has 0 fully saturated rings. The topological polar surface area (TPSA) is 133 Å². The van der Waals surface area contributed by atoms with Gasteiger partial charge in [0.05, 0.1) is 10.6 Å². The molecule has 0 bridgehead atoms. The van der Waals surface area contributed by atoms with E-state index in [4.69, 9.17) is 0 Å². The van der Waals surface area contributed by atoms with Gasteiger partial charge in [-0.05, 0) is 38.0 Å². The van der Waals surface area contributed by atoms with E-state index in [2.05, 4.69) is 20.7 Å². The summed E-state index contributed by atoms with van der Waals surface area (Å²) in [5.74, 6) is -0.323. The highest BCUT2D eigenvalue weighted by atomic mass is 16.6. The minimum Gasteiger partial charge on any atom is -0.302 e. The molecular formula is C15H17N5O4. The number of aromatic amines is 2. The van der Waals surface area contributed by atoms with Crippen LogP contribution in [0.15, 0.2) is 34.2 Å². The number of aromatic nitrogens is 2. The third-order valence-corrected chi connectivity index (χ3v) is 3.54. The van der Waals surface area contributed by atoms with E-state index in [1.807, 2.05) is 0 Å². The molecule has 1 aromatic carbocycles. The van der Waals surface area contributed by atoms with Crippen molar-refractivity contribution in [2.75, 3.05) is 0 Å². The number of aryl methyl sites for hydroxylation is 1. The van der Waals surface area contributed by atoms with Gasteiger partial charge < -0.3 is 5.10 Å². The molecule has 0 atom stereocenters. The standard InChI is InChI=1S/C15H17N5O4/c1-9(11-3-5-12(6-4-11)20(23)24)16-18-14(21)8-7-13-10(2)17-19-15(13)22/h3-6H,7-8H2,1-2H3,(H,18,21)(H2,17,19,22). The Morgan fingerprint density at radius 2 is 1.96 bits per heavy atom. The second-order valence-corrected chi connectivity index (χ2v) is 5.22. The summed E-state index contributed by atoms with van der Waals surface area (Å²) in [6.45, 7) is 3.44. The highest BCUT2D eigenvalue weighted by Crippen LogP contribution is 2.12. The van der Waals surface area contributed by atoms with Gasteiger partial charge >= 0.3 is 0 Å². The van der Waals surface area contributed by atoms with Crippen molar-refractivity contribution in [1.82, 2.24) is 15.6 Å². The summed E-state index contributed by atoms with van der Waals surface area (Å²) in [5, 5.41) is 19.7. The van der Waals surface area contributed by atoms with E-state index >= 15 is 0 Å². The first kappa shape index (κ1) is 17.1. The number of nitro groups is 1. The van der Waals surface area contributed by atoms with Crippen LogP contribution >= 0.6 is 0 Å². The molecule has 0 aliphatic heterocycles. The molecule has 1 aromatic heterocycles. The van der Waals surface area contributed by atoms with E-state index in [1.165, 1.54) is 12.1 Å². The highest BCUT2D eigenvalue weighted by Gasteiger charge is 2.09. The number of carbonyl (C=O) groups is 1. The fraction of sp³-hybridized carbons (Fsp3) is 0.267. The van der Waals surface area contributed by atoms with Gasteiger partial charge in [-0.2, -0.15) is 5.10 Å². The zero-order valence-corrected chi connectivity index (χ0v) is 13.3. The van der Waals surface area contributed by atoms with Crippen molar-refractivity contribution < 1.29 is 9.72 Å². The molecule has 3 N–H and O–H groups in total.